The number of carbonyl (C=O) groups excluding carboxylic acids is 1. The number of hydrogen-bond donors (Lipinski definition) is 1. The lowest BCUT2D eigenvalue weighted by atomic mass is 10.1. The molecular formula is C12H21N3O. The summed E-state index contributed by atoms with van der Waals surface area (Å²) in [5, 5.41) is 7.12. The lowest BCUT2D eigenvalue weighted by Gasteiger charge is -2.44. The third-order valence-corrected chi connectivity index (χ3v) is 3.63. The average molecular weight is 223 g/mol. The minimum absolute atomic E-state index is 0.0534. The molecule has 0 aromatic heterocycles. The first kappa shape index (κ1) is 11.5. The second-order valence-corrected chi connectivity index (χ2v) is 4.74. The van der Waals surface area contributed by atoms with E-state index in [1.54, 1.807) is 0 Å². The molecule has 2 saturated heterocycles. The Hall–Kier alpha value is -1.03. The number of likely N-dealkylation sites (N-methyl/N-ethyl adjacent to an activating group) is 1. The summed E-state index contributed by atoms with van der Waals surface area (Å²) in [6.45, 7) is 7.16. The third-order valence-electron chi connectivity index (χ3n) is 3.63. The Morgan fingerprint density at radius 1 is 1.44 bits per heavy atom. The van der Waals surface area contributed by atoms with Crippen LogP contribution in [-0.4, -0.2) is 41.6 Å². The fourth-order valence-corrected chi connectivity index (χ4v) is 2.64. The number of amides is 1. The molecule has 1 amide bonds. The second-order valence-electron chi connectivity index (χ2n) is 4.74. The summed E-state index contributed by atoms with van der Waals surface area (Å²) in [7, 11) is 1.86. The molecule has 0 aromatic carbocycles. The smallest absolute Gasteiger partial charge is 0.258 e. The van der Waals surface area contributed by atoms with Crippen LogP contribution in [0.2, 0.25) is 0 Å². The van der Waals surface area contributed by atoms with Crippen molar-refractivity contribution in [2.24, 2.45) is 0 Å². The highest BCUT2D eigenvalue weighted by atomic mass is 16.2. The number of hydrazine groups is 1. The second kappa shape index (κ2) is 4.45. The molecule has 0 saturated carbocycles. The molecule has 0 bridgehead atoms. The number of allylic oxidation sites excluding steroid dienone is 1. The molecule has 4 heteroatoms. The topological polar surface area (TPSA) is 35.6 Å². The summed E-state index contributed by atoms with van der Waals surface area (Å²) in [5.41, 5.74) is 1.08. The van der Waals surface area contributed by atoms with Crippen LogP contribution in [0.3, 0.4) is 0 Å². The molecule has 0 spiro atoms. The van der Waals surface area contributed by atoms with Gasteiger partial charge in [-0.1, -0.05) is 6.58 Å². The number of hydrogen-bond acceptors (Lipinski definition) is 3. The van der Waals surface area contributed by atoms with Gasteiger partial charge in [-0.2, -0.15) is 0 Å². The first-order valence-corrected chi connectivity index (χ1v) is 6.10. The van der Waals surface area contributed by atoms with Crippen LogP contribution < -0.4 is 5.32 Å². The van der Waals surface area contributed by atoms with Gasteiger partial charge in [0.15, 0.2) is 0 Å². The van der Waals surface area contributed by atoms with E-state index in [1.165, 1.54) is 0 Å². The van der Waals surface area contributed by atoms with E-state index in [0.29, 0.717) is 6.04 Å². The lowest BCUT2D eigenvalue weighted by Crippen LogP contribution is -2.56. The van der Waals surface area contributed by atoms with Gasteiger partial charge in [0, 0.05) is 12.2 Å². The SMILES string of the molecule is C=C1CCC(NC)C(=O)N2C(C)CCCN12. The molecule has 0 radical (unpaired) electrons. The van der Waals surface area contributed by atoms with Crippen molar-refractivity contribution in [3.63, 3.8) is 0 Å². The molecule has 16 heavy (non-hydrogen) atoms. The molecule has 2 atom stereocenters. The molecular weight excluding hydrogens is 202 g/mol. The Balaban J connectivity index is 2.27. The highest BCUT2D eigenvalue weighted by molar-refractivity contribution is 5.82. The Bertz CT molecular complexity index is 303. The highest BCUT2D eigenvalue weighted by Crippen LogP contribution is 2.28. The fraction of sp³-hybridized carbons (Fsp3) is 0.750. The minimum Gasteiger partial charge on any atom is -0.309 e. The monoisotopic (exact) mass is 223 g/mol. The van der Waals surface area contributed by atoms with Crippen molar-refractivity contribution in [1.29, 1.82) is 0 Å². The summed E-state index contributed by atoms with van der Waals surface area (Å²) in [4.78, 5) is 12.3. The van der Waals surface area contributed by atoms with Crippen molar-refractivity contribution < 1.29 is 4.79 Å². The van der Waals surface area contributed by atoms with Gasteiger partial charge in [-0.05, 0) is 39.7 Å². The predicted octanol–water partition coefficient (Wildman–Crippen LogP) is 1.11. The zero-order valence-electron chi connectivity index (χ0n) is 10.2. The van der Waals surface area contributed by atoms with Crippen molar-refractivity contribution in [1.82, 2.24) is 15.3 Å². The Kier molecular flexibility index (Phi) is 3.19. The first-order valence-electron chi connectivity index (χ1n) is 6.10. The van der Waals surface area contributed by atoms with Gasteiger partial charge in [-0.25, -0.2) is 0 Å². The quantitative estimate of drug-likeness (QED) is 0.723. The average Bonchev–Trinajstić information content (AvgIpc) is 2.39. The molecule has 0 aliphatic carbocycles. The Labute approximate surface area is 97.3 Å². The third kappa shape index (κ3) is 1.82. The number of fused-ring (bicyclic) bond motifs is 1. The van der Waals surface area contributed by atoms with Crippen molar-refractivity contribution in [3.05, 3.63) is 12.3 Å². The van der Waals surface area contributed by atoms with Gasteiger partial charge >= 0.3 is 0 Å². The van der Waals surface area contributed by atoms with Gasteiger partial charge < -0.3 is 5.32 Å². The van der Waals surface area contributed by atoms with Gasteiger partial charge in [0.1, 0.15) is 0 Å². The molecule has 2 aliphatic rings. The van der Waals surface area contributed by atoms with E-state index in [1.807, 2.05) is 12.1 Å². The largest absolute Gasteiger partial charge is 0.309 e. The van der Waals surface area contributed by atoms with Gasteiger partial charge in [0.25, 0.3) is 5.91 Å². The number of rotatable bonds is 1. The molecule has 2 rings (SSSR count). The number of carbonyl (C=O) groups is 1. The van der Waals surface area contributed by atoms with E-state index in [0.717, 1.165) is 37.9 Å². The summed E-state index contributed by atoms with van der Waals surface area (Å²) >= 11 is 0. The van der Waals surface area contributed by atoms with E-state index in [2.05, 4.69) is 23.8 Å². The van der Waals surface area contributed by atoms with E-state index in [9.17, 15) is 4.79 Å². The molecule has 0 aromatic rings. The van der Waals surface area contributed by atoms with Crippen molar-refractivity contribution >= 4 is 5.91 Å². The molecule has 2 fully saturated rings. The van der Waals surface area contributed by atoms with Crippen LogP contribution in [0.4, 0.5) is 0 Å². The lowest BCUT2D eigenvalue weighted by molar-refractivity contribution is -0.155. The van der Waals surface area contributed by atoms with Crippen LogP contribution in [0.25, 0.3) is 0 Å². The predicted molar refractivity (Wildman–Crippen MR) is 63.5 cm³/mol. The summed E-state index contributed by atoms with van der Waals surface area (Å²) in [6.07, 6.45) is 3.99. The van der Waals surface area contributed by atoms with E-state index in [4.69, 9.17) is 0 Å². The van der Waals surface area contributed by atoms with Crippen molar-refractivity contribution in [3.8, 4) is 0 Å². The van der Waals surface area contributed by atoms with E-state index in [-0.39, 0.29) is 11.9 Å². The molecule has 2 aliphatic heterocycles. The van der Waals surface area contributed by atoms with Gasteiger partial charge in [-0.3, -0.25) is 14.8 Å². The normalized spacial score (nSPS) is 31.4. The van der Waals surface area contributed by atoms with Gasteiger partial charge in [-0.15, -0.1) is 0 Å². The molecule has 1 N–H and O–H groups in total. The highest BCUT2D eigenvalue weighted by Gasteiger charge is 2.36. The maximum atomic E-state index is 12.3. The Morgan fingerprint density at radius 3 is 2.88 bits per heavy atom. The van der Waals surface area contributed by atoms with Crippen LogP contribution in [0.1, 0.15) is 32.6 Å². The van der Waals surface area contributed by atoms with Crippen molar-refractivity contribution in [2.75, 3.05) is 13.6 Å². The fourth-order valence-electron chi connectivity index (χ4n) is 2.64. The van der Waals surface area contributed by atoms with Gasteiger partial charge in [0.05, 0.1) is 12.1 Å². The van der Waals surface area contributed by atoms with Crippen LogP contribution in [-0.2, 0) is 4.79 Å². The standard InChI is InChI=1S/C12H21N3O/c1-9-6-7-11(13-3)12(16)15-10(2)5-4-8-14(9)15/h10-11,13H,1,4-8H2,2-3H3. The molecule has 90 valence electrons. The number of nitrogens with zero attached hydrogens (tertiary/aromatic N) is 2. The Morgan fingerprint density at radius 2 is 2.19 bits per heavy atom. The van der Waals surface area contributed by atoms with Crippen molar-refractivity contribution in [2.45, 2.75) is 44.7 Å². The molecule has 2 unspecified atom stereocenters. The van der Waals surface area contributed by atoms with E-state index < -0.39 is 0 Å². The summed E-state index contributed by atoms with van der Waals surface area (Å²) < 4.78 is 0. The van der Waals surface area contributed by atoms with Gasteiger partial charge in [0.2, 0.25) is 0 Å². The minimum atomic E-state index is -0.0534. The van der Waals surface area contributed by atoms with Crippen LogP contribution in [0.15, 0.2) is 12.3 Å². The molecule has 2 heterocycles. The first-order chi connectivity index (χ1) is 7.65. The van der Waals surface area contributed by atoms with Crippen LogP contribution in [0.5, 0.6) is 0 Å². The van der Waals surface area contributed by atoms with Crippen LogP contribution >= 0.6 is 0 Å². The van der Waals surface area contributed by atoms with Crippen LogP contribution in [0, 0.1) is 0 Å². The zero-order valence-corrected chi connectivity index (χ0v) is 10.2. The maximum absolute atomic E-state index is 12.3. The number of nitrogens with one attached hydrogen (secondary N) is 1. The summed E-state index contributed by atoms with van der Waals surface area (Å²) in [6, 6.07) is 0.245. The molecule has 4 nitrogen and oxygen atoms in total. The van der Waals surface area contributed by atoms with E-state index >= 15 is 0 Å². The maximum Gasteiger partial charge on any atom is 0.258 e. The zero-order chi connectivity index (χ0) is 11.7. The summed E-state index contributed by atoms with van der Waals surface area (Å²) in [5.74, 6) is 0.202.